The third-order valence-electron chi connectivity index (χ3n) is 2.58. The molecule has 0 radical (unpaired) electrons. The van der Waals surface area contributed by atoms with Gasteiger partial charge in [-0.2, -0.15) is 0 Å². The molecule has 0 amide bonds. The van der Waals surface area contributed by atoms with Crippen molar-refractivity contribution in [3.05, 3.63) is 42.2 Å². The van der Waals surface area contributed by atoms with Crippen LogP contribution in [-0.4, -0.2) is 5.11 Å². The summed E-state index contributed by atoms with van der Waals surface area (Å²) in [5.41, 5.74) is 1.27. The van der Waals surface area contributed by atoms with Gasteiger partial charge in [0.15, 0.2) is 0 Å². The number of aliphatic hydroxyl groups is 1. The van der Waals surface area contributed by atoms with Crippen LogP contribution >= 0.6 is 38.6 Å². The fourth-order valence-electron chi connectivity index (χ4n) is 1.51. The second-order valence-corrected chi connectivity index (χ2v) is 6.94. The lowest BCUT2D eigenvalue weighted by Gasteiger charge is -2.06. The van der Waals surface area contributed by atoms with Crippen LogP contribution < -0.4 is 0 Å². The smallest absolute Gasteiger partial charge is 0.0930 e. The molecule has 2 aromatic heterocycles. The van der Waals surface area contributed by atoms with Gasteiger partial charge in [-0.05, 0) is 52.9 Å². The Morgan fingerprint density at radius 1 is 1.44 bits per heavy atom. The summed E-state index contributed by atoms with van der Waals surface area (Å²) in [7, 11) is 0. The summed E-state index contributed by atoms with van der Waals surface area (Å²) in [6.45, 7) is 4.18. The molecule has 1 atom stereocenters. The first-order valence-corrected chi connectivity index (χ1v) is 7.53. The topological polar surface area (TPSA) is 20.2 Å². The average molecular weight is 317 g/mol. The molecule has 1 unspecified atom stereocenters. The molecular weight excluding hydrogens is 304 g/mol. The molecule has 0 fully saturated rings. The first kappa shape index (κ1) is 12.3. The molecule has 0 saturated carbocycles. The second kappa shape index (κ2) is 5.00. The van der Waals surface area contributed by atoms with Crippen LogP contribution in [-0.2, 0) is 6.42 Å². The number of hydrogen-bond donors (Lipinski definition) is 1. The third kappa shape index (κ3) is 2.56. The van der Waals surface area contributed by atoms with Gasteiger partial charge < -0.3 is 5.11 Å². The normalized spacial score (nSPS) is 13.0. The van der Waals surface area contributed by atoms with Gasteiger partial charge >= 0.3 is 0 Å². The molecule has 0 bridgehead atoms. The van der Waals surface area contributed by atoms with Crippen LogP contribution in [0.3, 0.4) is 0 Å². The zero-order chi connectivity index (χ0) is 11.7. The van der Waals surface area contributed by atoms with Gasteiger partial charge in [0.1, 0.15) is 0 Å². The van der Waals surface area contributed by atoms with E-state index in [1.165, 1.54) is 15.3 Å². The second-order valence-electron chi connectivity index (χ2n) is 3.80. The molecule has 1 N–H and O–H groups in total. The molecule has 0 saturated heterocycles. The first-order chi connectivity index (χ1) is 7.58. The number of aliphatic hydroxyl groups excluding tert-OH is 1. The number of thiophene rings is 2. The van der Waals surface area contributed by atoms with E-state index in [0.717, 1.165) is 9.35 Å². The number of hydrogen-bond acceptors (Lipinski definition) is 3. The van der Waals surface area contributed by atoms with Gasteiger partial charge in [0.25, 0.3) is 0 Å². The molecule has 86 valence electrons. The maximum atomic E-state index is 10.2. The molecule has 0 aliphatic carbocycles. The highest BCUT2D eigenvalue weighted by Crippen LogP contribution is 2.32. The van der Waals surface area contributed by atoms with Crippen molar-refractivity contribution >= 4 is 38.6 Å². The van der Waals surface area contributed by atoms with E-state index in [-0.39, 0.29) is 6.10 Å². The van der Waals surface area contributed by atoms with E-state index in [1.807, 2.05) is 11.4 Å². The van der Waals surface area contributed by atoms with Crippen molar-refractivity contribution in [1.82, 2.24) is 0 Å². The Kier molecular flexibility index (Phi) is 3.85. The Balaban J connectivity index is 2.14. The first-order valence-electron chi connectivity index (χ1n) is 5.05. The van der Waals surface area contributed by atoms with Gasteiger partial charge in [-0.15, -0.1) is 22.7 Å². The fraction of sp³-hybridized carbons (Fsp3) is 0.333. The lowest BCUT2D eigenvalue weighted by atomic mass is 10.1. The molecule has 2 rings (SSSR count). The van der Waals surface area contributed by atoms with E-state index >= 15 is 0 Å². The van der Waals surface area contributed by atoms with Crippen molar-refractivity contribution in [1.29, 1.82) is 0 Å². The van der Waals surface area contributed by atoms with Gasteiger partial charge in [0.05, 0.1) is 6.10 Å². The number of aryl methyl sites for hydroxylation is 2. The summed E-state index contributed by atoms with van der Waals surface area (Å²) >= 11 is 6.86. The lowest BCUT2D eigenvalue weighted by molar-refractivity contribution is 0.183. The van der Waals surface area contributed by atoms with E-state index in [2.05, 4.69) is 35.8 Å². The van der Waals surface area contributed by atoms with Gasteiger partial charge in [-0.3, -0.25) is 0 Å². The minimum atomic E-state index is -0.382. The van der Waals surface area contributed by atoms with E-state index in [4.69, 9.17) is 0 Å². The summed E-state index contributed by atoms with van der Waals surface area (Å²) in [5, 5.41) is 12.2. The van der Waals surface area contributed by atoms with Crippen LogP contribution in [0.4, 0.5) is 0 Å². The molecule has 1 nitrogen and oxygen atoms in total. The molecule has 0 aliphatic rings. The summed E-state index contributed by atoms with van der Waals surface area (Å²) in [4.78, 5) is 3.56. The Morgan fingerprint density at radius 3 is 2.69 bits per heavy atom. The average Bonchev–Trinajstić information content (AvgIpc) is 2.76. The lowest BCUT2D eigenvalue weighted by Crippen LogP contribution is -1.98. The highest BCUT2D eigenvalue weighted by atomic mass is 79.9. The zero-order valence-corrected chi connectivity index (χ0v) is 12.4. The minimum absolute atomic E-state index is 0.382. The van der Waals surface area contributed by atoms with Gasteiger partial charge in [0.2, 0.25) is 0 Å². The summed E-state index contributed by atoms with van der Waals surface area (Å²) in [6.07, 6.45) is 0.310. The Labute approximate surface area is 112 Å². The molecule has 0 aliphatic heterocycles. The fourth-order valence-corrected chi connectivity index (χ4v) is 4.09. The summed E-state index contributed by atoms with van der Waals surface area (Å²) < 4.78 is 1.10. The van der Waals surface area contributed by atoms with Crippen LogP contribution in [0.15, 0.2) is 22.0 Å². The largest absolute Gasteiger partial charge is 0.387 e. The molecule has 2 aromatic rings. The van der Waals surface area contributed by atoms with Crippen LogP contribution in [0.1, 0.15) is 26.3 Å². The number of halogens is 1. The van der Waals surface area contributed by atoms with Gasteiger partial charge in [0, 0.05) is 25.5 Å². The van der Waals surface area contributed by atoms with Crippen molar-refractivity contribution in [2.24, 2.45) is 0 Å². The quantitative estimate of drug-likeness (QED) is 0.886. The van der Waals surface area contributed by atoms with Crippen LogP contribution in [0.2, 0.25) is 0 Å². The van der Waals surface area contributed by atoms with E-state index in [9.17, 15) is 5.11 Å². The standard InChI is InChI=1S/C12H13BrOS2/c1-7-5-12(16-8(7)2)10(14)6-11-9(13)3-4-15-11/h3-5,10,14H,6H2,1-2H3. The predicted octanol–water partition coefficient (Wildman–Crippen LogP) is 4.47. The monoisotopic (exact) mass is 316 g/mol. The van der Waals surface area contributed by atoms with Gasteiger partial charge in [-0.1, -0.05) is 0 Å². The van der Waals surface area contributed by atoms with E-state index < -0.39 is 0 Å². The molecule has 4 heteroatoms. The van der Waals surface area contributed by atoms with Crippen LogP contribution in [0, 0.1) is 13.8 Å². The zero-order valence-electron chi connectivity index (χ0n) is 9.16. The SMILES string of the molecule is Cc1cc(C(O)Cc2sccc2Br)sc1C. The highest BCUT2D eigenvalue weighted by Gasteiger charge is 2.14. The van der Waals surface area contributed by atoms with E-state index in [0.29, 0.717) is 6.42 Å². The predicted molar refractivity (Wildman–Crippen MR) is 74.5 cm³/mol. The molecule has 16 heavy (non-hydrogen) atoms. The Morgan fingerprint density at radius 2 is 2.19 bits per heavy atom. The maximum Gasteiger partial charge on any atom is 0.0930 e. The summed E-state index contributed by atoms with van der Waals surface area (Å²) in [5.74, 6) is 0. The summed E-state index contributed by atoms with van der Waals surface area (Å²) in [6, 6.07) is 4.11. The number of rotatable bonds is 3. The van der Waals surface area contributed by atoms with E-state index in [1.54, 1.807) is 22.7 Å². The van der Waals surface area contributed by atoms with Crippen LogP contribution in [0.25, 0.3) is 0 Å². The van der Waals surface area contributed by atoms with Crippen molar-refractivity contribution < 1.29 is 5.11 Å². The Bertz CT molecular complexity index is 467. The molecule has 2 heterocycles. The van der Waals surface area contributed by atoms with Crippen molar-refractivity contribution in [3.8, 4) is 0 Å². The Hall–Kier alpha value is -0.160. The molecule has 0 aromatic carbocycles. The molecular formula is C12H13BrOS2. The molecule has 0 spiro atoms. The van der Waals surface area contributed by atoms with Crippen molar-refractivity contribution in [3.63, 3.8) is 0 Å². The van der Waals surface area contributed by atoms with Crippen LogP contribution in [0.5, 0.6) is 0 Å². The van der Waals surface area contributed by atoms with Crippen molar-refractivity contribution in [2.45, 2.75) is 26.4 Å². The third-order valence-corrected chi connectivity index (χ3v) is 5.79. The maximum absolute atomic E-state index is 10.2. The van der Waals surface area contributed by atoms with Gasteiger partial charge in [-0.25, -0.2) is 0 Å². The highest BCUT2D eigenvalue weighted by molar-refractivity contribution is 9.10. The minimum Gasteiger partial charge on any atom is -0.387 e. The van der Waals surface area contributed by atoms with Crippen molar-refractivity contribution in [2.75, 3.05) is 0 Å².